The van der Waals surface area contributed by atoms with Gasteiger partial charge in [0.05, 0.1) is 6.42 Å². The third kappa shape index (κ3) is 4.40. The second-order valence-corrected chi connectivity index (χ2v) is 12.6. The molecule has 5 saturated heterocycles. The molecule has 5 heterocycles. The van der Waals surface area contributed by atoms with Gasteiger partial charge < -0.3 is 24.0 Å². The molecule has 8 rings (SSSR count). The summed E-state index contributed by atoms with van der Waals surface area (Å²) in [5.41, 5.74) is 1.62. The van der Waals surface area contributed by atoms with Crippen molar-refractivity contribution < 1.29 is 28.8 Å². The zero-order valence-electron chi connectivity index (χ0n) is 23.7. The van der Waals surface area contributed by atoms with E-state index in [1.54, 1.807) is 0 Å². The fourth-order valence-electron chi connectivity index (χ4n) is 7.78. The van der Waals surface area contributed by atoms with Gasteiger partial charge in [-0.05, 0) is 55.5 Å². The number of rotatable bonds is 5. The SMILES string of the molecule is C[C@@H]1CCC2[C@@H](C)[C@@H](Oc3ccc(CC(=O)N4CCN(c5ccccc5)CC4)cc3)O[C@@H]3O[C@]4(C)CC1[C@@]23OO4. The summed E-state index contributed by atoms with van der Waals surface area (Å²) in [4.78, 5) is 29.2. The number of carbonyl (C=O) groups is 1. The predicted octanol–water partition coefficient (Wildman–Crippen LogP) is 4.77. The van der Waals surface area contributed by atoms with Crippen LogP contribution in [0.25, 0.3) is 0 Å². The Balaban J connectivity index is 0.973. The fourth-order valence-corrected chi connectivity index (χ4v) is 7.78. The average molecular weight is 549 g/mol. The van der Waals surface area contributed by atoms with Crippen molar-refractivity contribution in [1.29, 1.82) is 0 Å². The van der Waals surface area contributed by atoms with Crippen LogP contribution in [0.2, 0.25) is 0 Å². The van der Waals surface area contributed by atoms with Gasteiger partial charge in [0, 0.05) is 56.0 Å². The predicted molar refractivity (Wildman–Crippen MR) is 148 cm³/mol. The minimum absolute atomic E-state index is 0.108. The zero-order chi connectivity index (χ0) is 27.5. The van der Waals surface area contributed by atoms with Crippen LogP contribution in [0.15, 0.2) is 54.6 Å². The fraction of sp³-hybridized carbons (Fsp3) is 0.594. The summed E-state index contributed by atoms with van der Waals surface area (Å²) in [6.07, 6.45) is 2.43. The van der Waals surface area contributed by atoms with E-state index in [9.17, 15) is 4.79 Å². The molecule has 1 amide bonds. The van der Waals surface area contributed by atoms with Crippen LogP contribution < -0.4 is 9.64 Å². The van der Waals surface area contributed by atoms with E-state index in [0.29, 0.717) is 18.3 Å². The molecule has 1 saturated carbocycles. The van der Waals surface area contributed by atoms with Crippen molar-refractivity contribution in [3.63, 3.8) is 0 Å². The van der Waals surface area contributed by atoms with Gasteiger partial charge in [0.25, 0.3) is 0 Å². The van der Waals surface area contributed by atoms with Crippen molar-refractivity contribution in [3.05, 3.63) is 60.2 Å². The quantitative estimate of drug-likeness (QED) is 0.499. The number of carbonyl (C=O) groups excluding carboxylic acids is 1. The van der Waals surface area contributed by atoms with Crippen LogP contribution in [0.1, 0.15) is 45.6 Å². The lowest BCUT2D eigenvalue weighted by Crippen LogP contribution is -2.76. The molecule has 8 heteroatoms. The van der Waals surface area contributed by atoms with E-state index < -0.39 is 24.0 Å². The molecule has 2 aromatic rings. The molecule has 2 aromatic carbocycles. The Hall–Kier alpha value is -2.65. The number of amides is 1. The number of piperazine rings is 1. The van der Waals surface area contributed by atoms with Gasteiger partial charge in [0.15, 0.2) is 11.9 Å². The molecule has 40 heavy (non-hydrogen) atoms. The molecule has 8 nitrogen and oxygen atoms in total. The smallest absolute Gasteiger partial charge is 0.227 e. The molecular formula is C32H40N2O6. The Kier molecular flexibility index (Phi) is 6.57. The average Bonchev–Trinajstić information content (AvgIpc) is 2.97. The summed E-state index contributed by atoms with van der Waals surface area (Å²) in [6, 6.07) is 18.2. The van der Waals surface area contributed by atoms with E-state index in [2.05, 4.69) is 43.0 Å². The van der Waals surface area contributed by atoms with Gasteiger partial charge in [-0.15, -0.1) is 0 Å². The minimum atomic E-state index is -0.791. The Morgan fingerprint density at radius 2 is 1.70 bits per heavy atom. The Labute approximate surface area is 236 Å². The molecule has 2 unspecified atom stereocenters. The second kappa shape index (κ2) is 10.0. The van der Waals surface area contributed by atoms with E-state index >= 15 is 0 Å². The summed E-state index contributed by atoms with van der Waals surface area (Å²) >= 11 is 0. The molecule has 1 aliphatic carbocycles. The molecule has 214 valence electrons. The van der Waals surface area contributed by atoms with Gasteiger partial charge in [-0.2, -0.15) is 0 Å². The molecule has 2 bridgehead atoms. The van der Waals surface area contributed by atoms with Gasteiger partial charge >= 0.3 is 0 Å². The van der Waals surface area contributed by atoms with Crippen molar-refractivity contribution in [2.45, 2.75) is 70.4 Å². The van der Waals surface area contributed by atoms with Gasteiger partial charge in [0.1, 0.15) is 5.75 Å². The highest BCUT2D eigenvalue weighted by atomic mass is 17.3. The molecule has 6 aliphatic rings. The summed E-state index contributed by atoms with van der Waals surface area (Å²) < 4.78 is 19.2. The van der Waals surface area contributed by atoms with E-state index in [4.69, 9.17) is 24.0 Å². The number of fused-ring (bicyclic) bond motifs is 1. The van der Waals surface area contributed by atoms with Crippen molar-refractivity contribution >= 4 is 11.6 Å². The summed E-state index contributed by atoms with van der Waals surface area (Å²) in [7, 11) is 0. The van der Waals surface area contributed by atoms with Gasteiger partial charge in [-0.25, -0.2) is 9.78 Å². The van der Waals surface area contributed by atoms with Crippen molar-refractivity contribution in [1.82, 2.24) is 4.90 Å². The molecule has 5 aliphatic heterocycles. The molecule has 0 aromatic heterocycles. The highest BCUT2D eigenvalue weighted by Gasteiger charge is 2.72. The first-order valence-corrected chi connectivity index (χ1v) is 14.9. The molecule has 6 fully saturated rings. The largest absolute Gasteiger partial charge is 0.465 e. The standard InChI is InChI=1S/C32H40N2O6/c1-21-9-14-26-22(2)29(37-30-32(26)27(21)20-31(3,38-30)39-40-32)36-25-12-10-23(11-13-25)19-28(35)34-17-15-33(16-18-34)24-7-5-4-6-8-24/h4-8,10-13,21-22,26-27,29-30H,9,14-20H2,1-3H3/t21-,22-,26?,27?,29+,30-,31+,32+/m1/s1. The number of hydrogen-bond acceptors (Lipinski definition) is 7. The van der Waals surface area contributed by atoms with Gasteiger partial charge in [-0.3, -0.25) is 4.79 Å². The summed E-state index contributed by atoms with van der Waals surface area (Å²) in [5.74, 6) is 1.30. The number of para-hydroxylation sites is 1. The number of nitrogens with zero attached hydrogens (tertiary/aromatic N) is 2. The van der Waals surface area contributed by atoms with Gasteiger partial charge in [0.2, 0.25) is 18.0 Å². The van der Waals surface area contributed by atoms with E-state index in [1.807, 2.05) is 42.2 Å². The lowest BCUT2D eigenvalue weighted by atomic mass is 9.56. The van der Waals surface area contributed by atoms with Gasteiger partial charge in [-0.1, -0.05) is 44.2 Å². The maximum absolute atomic E-state index is 13.0. The molecular weight excluding hydrogens is 508 g/mol. The lowest BCUT2D eigenvalue weighted by Gasteiger charge is -2.66. The highest BCUT2D eigenvalue weighted by molar-refractivity contribution is 5.79. The topological polar surface area (TPSA) is 69.7 Å². The van der Waals surface area contributed by atoms with E-state index in [-0.39, 0.29) is 17.7 Å². The first-order valence-electron chi connectivity index (χ1n) is 14.9. The Morgan fingerprint density at radius 3 is 2.45 bits per heavy atom. The van der Waals surface area contributed by atoms with Crippen LogP contribution in [0, 0.1) is 23.7 Å². The number of benzene rings is 2. The maximum Gasteiger partial charge on any atom is 0.227 e. The molecule has 8 atom stereocenters. The monoisotopic (exact) mass is 548 g/mol. The minimum Gasteiger partial charge on any atom is -0.465 e. The Morgan fingerprint density at radius 1 is 0.950 bits per heavy atom. The van der Waals surface area contributed by atoms with Crippen LogP contribution in [0.3, 0.4) is 0 Å². The first-order chi connectivity index (χ1) is 19.3. The van der Waals surface area contributed by atoms with Crippen LogP contribution in [0.5, 0.6) is 5.75 Å². The first kappa shape index (κ1) is 26.3. The van der Waals surface area contributed by atoms with Crippen molar-refractivity contribution in [2.24, 2.45) is 23.7 Å². The molecule has 0 radical (unpaired) electrons. The van der Waals surface area contributed by atoms with Crippen LogP contribution in [-0.4, -0.2) is 61.0 Å². The van der Waals surface area contributed by atoms with E-state index in [1.165, 1.54) is 5.69 Å². The number of anilines is 1. The Bertz CT molecular complexity index is 1220. The second-order valence-electron chi connectivity index (χ2n) is 12.6. The summed E-state index contributed by atoms with van der Waals surface area (Å²) in [5, 5.41) is 0. The maximum atomic E-state index is 13.0. The van der Waals surface area contributed by atoms with Crippen molar-refractivity contribution in [3.8, 4) is 5.75 Å². The van der Waals surface area contributed by atoms with Crippen molar-refractivity contribution in [2.75, 3.05) is 31.1 Å². The number of ether oxygens (including phenoxy) is 3. The van der Waals surface area contributed by atoms with Crippen LogP contribution >= 0.6 is 0 Å². The van der Waals surface area contributed by atoms with E-state index in [0.717, 1.165) is 56.8 Å². The number of hydrogen-bond donors (Lipinski definition) is 0. The zero-order valence-corrected chi connectivity index (χ0v) is 23.7. The highest BCUT2D eigenvalue weighted by Crippen LogP contribution is 2.62. The molecule has 1 spiro atoms. The lowest BCUT2D eigenvalue weighted by molar-refractivity contribution is -0.614. The van der Waals surface area contributed by atoms with Crippen LogP contribution in [-0.2, 0) is 30.5 Å². The third-order valence-corrected chi connectivity index (χ3v) is 10.1. The molecule has 0 N–H and O–H groups in total. The normalized spacial score (nSPS) is 38.6. The third-order valence-electron chi connectivity index (χ3n) is 10.1. The summed E-state index contributed by atoms with van der Waals surface area (Å²) in [6.45, 7) is 9.62. The van der Waals surface area contributed by atoms with Crippen LogP contribution in [0.4, 0.5) is 5.69 Å².